The molecule has 9 heteroatoms. The predicted octanol–water partition coefficient (Wildman–Crippen LogP) is 2.45. The first-order valence-corrected chi connectivity index (χ1v) is 9.05. The van der Waals surface area contributed by atoms with Gasteiger partial charge in [-0.1, -0.05) is 12.1 Å². The van der Waals surface area contributed by atoms with Gasteiger partial charge in [-0.05, 0) is 24.3 Å². The van der Waals surface area contributed by atoms with E-state index < -0.39 is 17.9 Å². The van der Waals surface area contributed by atoms with Gasteiger partial charge in [0, 0.05) is 29.7 Å². The summed E-state index contributed by atoms with van der Waals surface area (Å²) in [5, 5.41) is 25.0. The third-order valence-electron chi connectivity index (χ3n) is 4.82. The highest BCUT2D eigenvalue weighted by Crippen LogP contribution is 2.42. The number of hydrazone groups is 1. The third-order valence-corrected chi connectivity index (χ3v) is 4.82. The smallest absolute Gasteiger partial charge is 0.328 e. The standard InChI is InChI=1S/C21H18N2O7/c1-28-17-4-2-3-13(21(17)27)15-10-14(22-23(15)19(24)7-8-20(25)26)12-5-6-16-18(9-12)30-11-29-16/h2-9,15,27H,10-11H2,1H3,(H,25,26). The number of methoxy groups -OCH3 is 1. The van der Waals surface area contributed by atoms with Gasteiger partial charge in [0.05, 0.1) is 18.9 Å². The number of amides is 1. The number of benzene rings is 2. The van der Waals surface area contributed by atoms with E-state index in [4.69, 9.17) is 19.3 Å². The van der Waals surface area contributed by atoms with Crippen LogP contribution in [0, 0.1) is 0 Å². The molecule has 0 bridgehead atoms. The van der Waals surface area contributed by atoms with Crippen molar-refractivity contribution in [1.82, 2.24) is 5.01 Å². The molecule has 9 nitrogen and oxygen atoms in total. The molecule has 2 N–H and O–H groups in total. The summed E-state index contributed by atoms with van der Waals surface area (Å²) in [4.78, 5) is 23.5. The SMILES string of the molecule is COc1cccc(C2CC(c3ccc4c(c3)OCO4)=NN2C(=O)C=CC(=O)O)c1O. The number of hydrogen-bond donors (Lipinski definition) is 2. The van der Waals surface area contributed by atoms with Crippen LogP contribution in [-0.2, 0) is 9.59 Å². The Kier molecular flexibility index (Phi) is 5.01. The van der Waals surface area contributed by atoms with E-state index in [1.165, 1.54) is 7.11 Å². The van der Waals surface area contributed by atoms with E-state index >= 15 is 0 Å². The number of carbonyl (C=O) groups is 2. The number of hydrogen-bond acceptors (Lipinski definition) is 7. The summed E-state index contributed by atoms with van der Waals surface area (Å²) in [6.45, 7) is 0.135. The molecule has 30 heavy (non-hydrogen) atoms. The molecule has 0 spiro atoms. The van der Waals surface area contributed by atoms with Gasteiger partial charge in [-0.2, -0.15) is 5.10 Å². The van der Waals surface area contributed by atoms with Crippen LogP contribution in [0.5, 0.6) is 23.0 Å². The van der Waals surface area contributed by atoms with E-state index in [0.717, 1.165) is 22.7 Å². The zero-order valence-corrected chi connectivity index (χ0v) is 15.9. The first-order valence-electron chi connectivity index (χ1n) is 9.05. The molecule has 1 amide bonds. The Balaban J connectivity index is 1.73. The summed E-state index contributed by atoms with van der Waals surface area (Å²) in [7, 11) is 1.43. The average molecular weight is 410 g/mol. The number of rotatable bonds is 5. The van der Waals surface area contributed by atoms with E-state index in [0.29, 0.717) is 29.2 Å². The molecule has 1 unspecified atom stereocenters. The Morgan fingerprint density at radius 1 is 1.20 bits per heavy atom. The van der Waals surface area contributed by atoms with E-state index in [1.807, 2.05) is 0 Å². The lowest BCUT2D eigenvalue weighted by atomic mass is 9.97. The van der Waals surface area contributed by atoms with Crippen LogP contribution in [0.2, 0.25) is 0 Å². The molecule has 2 aromatic rings. The van der Waals surface area contributed by atoms with Crippen LogP contribution >= 0.6 is 0 Å². The molecular formula is C21H18N2O7. The lowest BCUT2D eigenvalue weighted by Gasteiger charge is -2.22. The normalized spacial score (nSPS) is 17.3. The molecule has 2 aliphatic rings. The number of carbonyl (C=O) groups excluding carboxylic acids is 1. The first-order chi connectivity index (χ1) is 14.5. The maximum atomic E-state index is 12.7. The molecule has 0 radical (unpaired) electrons. The fourth-order valence-corrected chi connectivity index (χ4v) is 3.40. The number of phenols is 1. The predicted molar refractivity (Wildman–Crippen MR) is 105 cm³/mol. The largest absolute Gasteiger partial charge is 0.504 e. The van der Waals surface area contributed by atoms with E-state index in [1.54, 1.807) is 36.4 Å². The Hall–Kier alpha value is -4.01. The van der Waals surface area contributed by atoms with Crippen LogP contribution in [0.25, 0.3) is 0 Å². The molecule has 154 valence electrons. The monoisotopic (exact) mass is 410 g/mol. The lowest BCUT2D eigenvalue weighted by molar-refractivity contribution is -0.132. The van der Waals surface area contributed by atoms with Gasteiger partial charge in [-0.15, -0.1) is 0 Å². The number of fused-ring (bicyclic) bond motifs is 1. The van der Waals surface area contributed by atoms with Gasteiger partial charge in [-0.3, -0.25) is 4.79 Å². The van der Waals surface area contributed by atoms with E-state index in [2.05, 4.69) is 5.10 Å². The van der Waals surface area contributed by atoms with Crippen molar-refractivity contribution in [2.45, 2.75) is 12.5 Å². The first kappa shape index (κ1) is 19.3. The molecule has 2 aliphatic heterocycles. The van der Waals surface area contributed by atoms with Gasteiger partial charge in [0.1, 0.15) is 0 Å². The summed E-state index contributed by atoms with van der Waals surface area (Å²) in [6.07, 6.45) is 1.98. The van der Waals surface area contributed by atoms with Crippen LogP contribution < -0.4 is 14.2 Å². The number of carboxylic acid groups (broad SMARTS) is 1. The highest BCUT2D eigenvalue weighted by Gasteiger charge is 2.35. The maximum Gasteiger partial charge on any atom is 0.328 e. The zero-order chi connectivity index (χ0) is 21.3. The Labute approximate surface area is 171 Å². The quantitative estimate of drug-likeness (QED) is 0.727. The van der Waals surface area contributed by atoms with Crippen molar-refractivity contribution in [2.75, 3.05) is 13.9 Å². The molecule has 0 aliphatic carbocycles. The van der Waals surface area contributed by atoms with Crippen LogP contribution in [-0.4, -0.2) is 46.7 Å². The van der Waals surface area contributed by atoms with Crippen molar-refractivity contribution in [3.05, 3.63) is 59.7 Å². The fourth-order valence-electron chi connectivity index (χ4n) is 3.40. The number of aliphatic carboxylic acids is 1. The van der Waals surface area contributed by atoms with Crippen LogP contribution in [0.3, 0.4) is 0 Å². The second-order valence-electron chi connectivity index (χ2n) is 6.59. The van der Waals surface area contributed by atoms with E-state index in [9.17, 15) is 14.7 Å². The average Bonchev–Trinajstić information content (AvgIpc) is 3.38. The molecule has 2 aromatic carbocycles. The van der Waals surface area contributed by atoms with Gasteiger partial charge in [0.25, 0.3) is 5.91 Å². The summed E-state index contributed by atoms with van der Waals surface area (Å²) in [5.41, 5.74) is 1.74. The van der Waals surface area contributed by atoms with Crippen LogP contribution in [0.15, 0.2) is 53.7 Å². The van der Waals surface area contributed by atoms with Crippen LogP contribution in [0.4, 0.5) is 0 Å². The number of nitrogens with zero attached hydrogens (tertiary/aromatic N) is 2. The van der Waals surface area contributed by atoms with Gasteiger partial charge in [0.2, 0.25) is 6.79 Å². The molecule has 4 rings (SSSR count). The van der Waals surface area contributed by atoms with Gasteiger partial charge in [-0.25, -0.2) is 9.80 Å². The maximum absolute atomic E-state index is 12.7. The second kappa shape index (κ2) is 7.78. The lowest BCUT2D eigenvalue weighted by Crippen LogP contribution is -2.25. The van der Waals surface area contributed by atoms with E-state index in [-0.39, 0.29) is 18.3 Å². The number of para-hydroxylation sites is 1. The zero-order valence-electron chi connectivity index (χ0n) is 15.9. The minimum Gasteiger partial charge on any atom is -0.504 e. The minimum absolute atomic E-state index is 0.104. The molecule has 0 saturated carbocycles. The summed E-state index contributed by atoms with van der Waals surface area (Å²) in [5.74, 6) is -0.517. The number of aromatic hydroxyl groups is 1. The molecule has 1 atom stereocenters. The third kappa shape index (κ3) is 3.52. The van der Waals surface area contributed by atoms with Crippen molar-refractivity contribution < 1.29 is 34.0 Å². The van der Waals surface area contributed by atoms with Crippen molar-refractivity contribution in [3.63, 3.8) is 0 Å². The van der Waals surface area contributed by atoms with Crippen molar-refractivity contribution in [1.29, 1.82) is 0 Å². The molecule has 0 fully saturated rings. The fraction of sp³-hybridized carbons (Fsp3) is 0.190. The van der Waals surface area contributed by atoms with Crippen molar-refractivity contribution in [2.24, 2.45) is 5.10 Å². The summed E-state index contributed by atoms with van der Waals surface area (Å²) in [6, 6.07) is 9.65. The van der Waals surface area contributed by atoms with Gasteiger partial charge in [0.15, 0.2) is 23.0 Å². The summed E-state index contributed by atoms with van der Waals surface area (Å²) < 4.78 is 15.9. The highest BCUT2D eigenvalue weighted by atomic mass is 16.7. The number of carboxylic acids is 1. The van der Waals surface area contributed by atoms with Crippen LogP contribution in [0.1, 0.15) is 23.6 Å². The summed E-state index contributed by atoms with van der Waals surface area (Å²) >= 11 is 0. The Morgan fingerprint density at radius 2 is 2.00 bits per heavy atom. The molecule has 2 heterocycles. The molecular weight excluding hydrogens is 392 g/mol. The molecule has 0 aromatic heterocycles. The van der Waals surface area contributed by atoms with Gasteiger partial charge >= 0.3 is 5.97 Å². The molecule has 0 saturated heterocycles. The second-order valence-corrected chi connectivity index (χ2v) is 6.59. The van der Waals surface area contributed by atoms with Crippen molar-refractivity contribution >= 4 is 17.6 Å². The number of ether oxygens (including phenoxy) is 3. The topological polar surface area (TPSA) is 118 Å². The van der Waals surface area contributed by atoms with Gasteiger partial charge < -0.3 is 24.4 Å². The Bertz CT molecular complexity index is 1080. The van der Waals surface area contributed by atoms with Crippen molar-refractivity contribution in [3.8, 4) is 23.0 Å². The minimum atomic E-state index is -1.25. The number of phenolic OH excluding ortho intramolecular Hbond substituents is 1. The highest BCUT2D eigenvalue weighted by molar-refractivity contribution is 6.05. The Morgan fingerprint density at radius 3 is 2.77 bits per heavy atom.